The second kappa shape index (κ2) is 8.16. The van der Waals surface area contributed by atoms with Gasteiger partial charge >= 0.3 is 0 Å². The van der Waals surface area contributed by atoms with E-state index in [-0.39, 0.29) is 0 Å². The van der Waals surface area contributed by atoms with Gasteiger partial charge in [-0.1, -0.05) is 36.2 Å². The molecular weight excluding hydrogens is 328 g/mol. The third-order valence-corrected chi connectivity index (χ3v) is 4.81. The van der Waals surface area contributed by atoms with Crippen LogP contribution in [-0.2, 0) is 0 Å². The lowest BCUT2D eigenvalue weighted by molar-refractivity contribution is 0.125. The molecule has 2 rings (SSSR count). The summed E-state index contributed by atoms with van der Waals surface area (Å²) in [5.74, 6) is 1.64. The maximum atomic E-state index is 5.90. The van der Waals surface area contributed by atoms with E-state index in [1.807, 2.05) is 0 Å². The molecule has 0 saturated carbocycles. The number of nitrogens with one attached hydrogen (secondary N) is 1. The topological polar surface area (TPSA) is 24.5 Å². The van der Waals surface area contributed by atoms with Gasteiger partial charge < -0.3 is 10.1 Å². The van der Waals surface area contributed by atoms with Crippen molar-refractivity contribution in [1.29, 1.82) is 0 Å². The quantitative estimate of drug-likeness (QED) is 0.839. The molecule has 1 aliphatic rings. The van der Waals surface area contributed by atoms with Crippen molar-refractivity contribution in [2.75, 3.05) is 32.8 Å². The van der Waals surface area contributed by atoms with Crippen LogP contribution in [-0.4, -0.2) is 37.7 Å². The molecule has 0 aromatic heterocycles. The number of hydrogen-bond acceptors (Lipinski definition) is 3. The molecule has 1 aromatic rings. The number of benzene rings is 1. The highest BCUT2D eigenvalue weighted by molar-refractivity contribution is 9.10. The number of ether oxygens (including phenoxy) is 1. The van der Waals surface area contributed by atoms with Crippen molar-refractivity contribution in [3.05, 3.63) is 28.2 Å². The molecule has 21 heavy (non-hydrogen) atoms. The lowest BCUT2D eigenvalue weighted by Gasteiger charge is -2.39. The van der Waals surface area contributed by atoms with E-state index in [4.69, 9.17) is 4.74 Å². The van der Waals surface area contributed by atoms with Gasteiger partial charge in [-0.05, 0) is 31.0 Å². The molecule has 1 aliphatic heterocycles. The van der Waals surface area contributed by atoms with Crippen LogP contribution in [0.25, 0.3) is 0 Å². The fourth-order valence-electron chi connectivity index (χ4n) is 3.08. The molecule has 0 radical (unpaired) electrons. The van der Waals surface area contributed by atoms with Crippen LogP contribution in [0.15, 0.2) is 22.7 Å². The summed E-state index contributed by atoms with van der Waals surface area (Å²) < 4.78 is 7.02. The molecule has 118 valence electrons. The summed E-state index contributed by atoms with van der Waals surface area (Å²) >= 11 is 3.62. The summed E-state index contributed by atoms with van der Waals surface area (Å²) in [4.78, 5) is 2.61. The van der Waals surface area contributed by atoms with Crippen molar-refractivity contribution in [1.82, 2.24) is 10.2 Å². The van der Waals surface area contributed by atoms with Gasteiger partial charge in [0.15, 0.2) is 0 Å². The van der Waals surface area contributed by atoms with Gasteiger partial charge in [0, 0.05) is 42.3 Å². The second-order valence-electron chi connectivity index (χ2n) is 5.73. The third kappa shape index (κ3) is 4.21. The van der Waals surface area contributed by atoms with Crippen LogP contribution in [0.2, 0.25) is 0 Å². The van der Waals surface area contributed by atoms with Crippen molar-refractivity contribution in [3.63, 3.8) is 0 Å². The maximum absolute atomic E-state index is 5.90. The minimum Gasteiger partial charge on any atom is -0.494 e. The fraction of sp³-hybridized carbons (Fsp3) is 0.647. The normalized spacial score (nSPS) is 19.2. The predicted octanol–water partition coefficient (Wildman–Crippen LogP) is 3.84. The summed E-state index contributed by atoms with van der Waals surface area (Å²) in [5, 5.41) is 3.45. The van der Waals surface area contributed by atoms with Crippen molar-refractivity contribution < 1.29 is 4.74 Å². The molecule has 0 amide bonds. The molecule has 1 unspecified atom stereocenters. The highest BCUT2D eigenvalue weighted by Crippen LogP contribution is 2.38. The summed E-state index contributed by atoms with van der Waals surface area (Å²) in [6.07, 6.45) is 1.17. The smallest absolute Gasteiger partial charge is 0.124 e. The highest BCUT2D eigenvalue weighted by Gasteiger charge is 2.29. The number of nitrogens with zero attached hydrogens (tertiary/aromatic N) is 1. The van der Waals surface area contributed by atoms with Crippen molar-refractivity contribution in [2.45, 2.75) is 33.2 Å². The molecule has 1 heterocycles. The van der Waals surface area contributed by atoms with Crippen LogP contribution in [0.3, 0.4) is 0 Å². The van der Waals surface area contributed by atoms with Gasteiger partial charge in [-0.2, -0.15) is 0 Å². The van der Waals surface area contributed by atoms with Crippen LogP contribution in [0.5, 0.6) is 5.75 Å². The Morgan fingerprint density at radius 1 is 1.29 bits per heavy atom. The molecule has 4 heteroatoms. The first-order valence-corrected chi connectivity index (χ1v) is 8.83. The second-order valence-corrected chi connectivity index (χ2v) is 6.65. The summed E-state index contributed by atoms with van der Waals surface area (Å²) in [7, 11) is 0. The Balaban J connectivity index is 2.36. The molecule has 1 N–H and O–H groups in total. The SMILES string of the molecule is CCOc1ccc(Br)cc1[C@@H](C(C)CC)N1CCNCC1. The zero-order valence-electron chi connectivity index (χ0n) is 13.4. The molecular formula is C17H27BrN2O. The van der Waals surface area contributed by atoms with E-state index in [0.29, 0.717) is 18.6 Å². The van der Waals surface area contributed by atoms with Crippen LogP contribution in [0.1, 0.15) is 38.8 Å². The molecule has 1 aromatic carbocycles. The molecule has 1 fully saturated rings. The first kappa shape index (κ1) is 16.8. The van der Waals surface area contributed by atoms with E-state index in [2.05, 4.69) is 65.1 Å². The Morgan fingerprint density at radius 3 is 2.62 bits per heavy atom. The van der Waals surface area contributed by atoms with E-state index in [0.717, 1.165) is 36.4 Å². The zero-order valence-corrected chi connectivity index (χ0v) is 14.9. The van der Waals surface area contributed by atoms with Gasteiger partial charge in [-0.3, -0.25) is 4.90 Å². The van der Waals surface area contributed by atoms with E-state index in [1.165, 1.54) is 12.0 Å². The predicted molar refractivity (Wildman–Crippen MR) is 91.9 cm³/mol. The Labute approximate surface area is 137 Å². The van der Waals surface area contributed by atoms with E-state index in [9.17, 15) is 0 Å². The molecule has 2 atom stereocenters. The van der Waals surface area contributed by atoms with Gasteiger partial charge in [0.1, 0.15) is 5.75 Å². The van der Waals surface area contributed by atoms with Crippen LogP contribution in [0, 0.1) is 5.92 Å². The van der Waals surface area contributed by atoms with E-state index in [1.54, 1.807) is 0 Å². The molecule has 0 aliphatic carbocycles. The third-order valence-electron chi connectivity index (χ3n) is 4.32. The minimum absolute atomic E-state index is 0.427. The van der Waals surface area contributed by atoms with Crippen molar-refractivity contribution in [2.24, 2.45) is 5.92 Å². The molecule has 3 nitrogen and oxygen atoms in total. The van der Waals surface area contributed by atoms with Gasteiger partial charge in [-0.15, -0.1) is 0 Å². The van der Waals surface area contributed by atoms with Gasteiger partial charge in [-0.25, -0.2) is 0 Å². The maximum Gasteiger partial charge on any atom is 0.124 e. The largest absolute Gasteiger partial charge is 0.494 e. The first-order chi connectivity index (χ1) is 10.2. The minimum atomic E-state index is 0.427. The molecule has 0 spiro atoms. The Kier molecular flexibility index (Phi) is 6.52. The van der Waals surface area contributed by atoms with Gasteiger partial charge in [0.25, 0.3) is 0 Å². The standard InChI is InChI=1S/C17H27BrN2O/c1-4-13(3)17(20-10-8-19-9-11-20)15-12-14(18)6-7-16(15)21-5-2/h6-7,12-13,17,19H,4-5,8-11H2,1-3H3/t13?,17-/m1/s1. The number of rotatable bonds is 6. The van der Waals surface area contributed by atoms with Crippen LogP contribution < -0.4 is 10.1 Å². The monoisotopic (exact) mass is 354 g/mol. The number of halogens is 1. The lowest BCUT2D eigenvalue weighted by atomic mass is 9.90. The summed E-state index contributed by atoms with van der Waals surface area (Å²) in [6.45, 7) is 11.7. The zero-order chi connectivity index (χ0) is 15.2. The molecule has 1 saturated heterocycles. The van der Waals surface area contributed by atoms with E-state index >= 15 is 0 Å². The fourth-order valence-corrected chi connectivity index (χ4v) is 3.46. The Hall–Kier alpha value is -0.580. The Bertz CT molecular complexity index is 446. The Morgan fingerprint density at radius 2 is 2.00 bits per heavy atom. The molecule has 0 bridgehead atoms. The summed E-state index contributed by atoms with van der Waals surface area (Å²) in [5.41, 5.74) is 1.32. The van der Waals surface area contributed by atoms with Crippen molar-refractivity contribution in [3.8, 4) is 5.75 Å². The number of hydrogen-bond donors (Lipinski definition) is 1. The van der Waals surface area contributed by atoms with Gasteiger partial charge in [0.2, 0.25) is 0 Å². The average Bonchev–Trinajstić information content (AvgIpc) is 2.51. The number of piperazine rings is 1. The summed E-state index contributed by atoms with van der Waals surface area (Å²) in [6, 6.07) is 6.83. The highest BCUT2D eigenvalue weighted by atomic mass is 79.9. The van der Waals surface area contributed by atoms with Crippen LogP contribution in [0.4, 0.5) is 0 Å². The van der Waals surface area contributed by atoms with E-state index < -0.39 is 0 Å². The average molecular weight is 355 g/mol. The van der Waals surface area contributed by atoms with Crippen molar-refractivity contribution >= 4 is 15.9 Å². The van der Waals surface area contributed by atoms with Crippen LogP contribution >= 0.6 is 15.9 Å². The van der Waals surface area contributed by atoms with Gasteiger partial charge in [0.05, 0.1) is 6.61 Å². The lowest BCUT2D eigenvalue weighted by Crippen LogP contribution is -2.46. The first-order valence-electron chi connectivity index (χ1n) is 8.04.